The molecule has 2 unspecified atom stereocenters. The third-order valence-electron chi connectivity index (χ3n) is 11.1. The van der Waals surface area contributed by atoms with Crippen LogP contribution < -0.4 is 5.32 Å². The van der Waals surface area contributed by atoms with E-state index in [1.54, 1.807) is 0 Å². The van der Waals surface area contributed by atoms with Crippen molar-refractivity contribution in [1.29, 1.82) is 0 Å². The van der Waals surface area contributed by atoms with Crippen LogP contribution in [0.2, 0.25) is 0 Å². The minimum atomic E-state index is -0.653. The Kier molecular flexibility index (Phi) is 42.3. The quantitative estimate of drug-likeness (QED) is 0.0553. The van der Waals surface area contributed by atoms with Crippen LogP contribution in [0.1, 0.15) is 271 Å². The fraction of sp³-hybridized carbons (Fsp3) is 0.978. The summed E-state index contributed by atoms with van der Waals surface area (Å²) in [4.78, 5) is 12.4. The minimum absolute atomic E-state index is 0.0251. The molecule has 0 spiro atoms. The van der Waals surface area contributed by atoms with Crippen LogP contribution in [0.3, 0.4) is 0 Å². The molecule has 0 aromatic rings. The molecule has 0 radical (unpaired) electrons. The lowest BCUT2D eigenvalue weighted by Crippen LogP contribution is -2.45. The molecule has 0 aliphatic heterocycles. The van der Waals surface area contributed by atoms with E-state index in [4.69, 9.17) is 0 Å². The summed E-state index contributed by atoms with van der Waals surface area (Å²) in [5.74, 6) is -0.0251. The third kappa shape index (κ3) is 38.6. The molecule has 2 atom stereocenters. The second-order valence-electron chi connectivity index (χ2n) is 16.2. The normalized spacial score (nSPS) is 12.8. The van der Waals surface area contributed by atoms with Gasteiger partial charge in [-0.05, 0) is 12.8 Å². The van der Waals surface area contributed by atoms with E-state index in [9.17, 15) is 15.0 Å². The van der Waals surface area contributed by atoms with E-state index in [0.717, 1.165) is 25.7 Å². The first-order valence-electron chi connectivity index (χ1n) is 23.2. The van der Waals surface area contributed by atoms with Crippen molar-refractivity contribution in [2.45, 2.75) is 283 Å². The molecule has 0 aliphatic carbocycles. The Morgan fingerprint density at radius 1 is 0.400 bits per heavy atom. The summed E-state index contributed by atoms with van der Waals surface area (Å²) in [7, 11) is 0. The molecule has 0 aromatic carbocycles. The van der Waals surface area contributed by atoms with Gasteiger partial charge in [-0.1, -0.05) is 251 Å². The lowest BCUT2D eigenvalue weighted by atomic mass is 10.0. The van der Waals surface area contributed by atoms with Crippen molar-refractivity contribution in [3.8, 4) is 0 Å². The number of amides is 1. The van der Waals surface area contributed by atoms with Crippen LogP contribution in [-0.4, -0.2) is 34.9 Å². The second kappa shape index (κ2) is 42.8. The van der Waals surface area contributed by atoms with Crippen LogP contribution in [0.5, 0.6) is 0 Å². The molecule has 0 rings (SSSR count). The molecule has 3 N–H and O–H groups in total. The van der Waals surface area contributed by atoms with Gasteiger partial charge < -0.3 is 15.5 Å². The van der Waals surface area contributed by atoms with Gasteiger partial charge in [-0.25, -0.2) is 0 Å². The summed E-state index contributed by atoms with van der Waals surface area (Å²) >= 11 is 0. The van der Waals surface area contributed by atoms with E-state index in [1.807, 2.05) is 0 Å². The number of hydrogen-bond acceptors (Lipinski definition) is 3. The molecule has 1 amide bonds. The molecular weight excluding hydrogens is 615 g/mol. The molecule has 0 aliphatic rings. The monoisotopic (exact) mass is 708 g/mol. The topological polar surface area (TPSA) is 69.6 Å². The Morgan fingerprint density at radius 2 is 0.640 bits per heavy atom. The van der Waals surface area contributed by atoms with Crippen LogP contribution in [0.15, 0.2) is 0 Å². The minimum Gasteiger partial charge on any atom is -0.394 e. The Labute approximate surface area is 314 Å². The van der Waals surface area contributed by atoms with Crippen LogP contribution in [0, 0.1) is 0 Å². The van der Waals surface area contributed by atoms with Gasteiger partial charge in [-0.3, -0.25) is 4.79 Å². The molecule has 0 heterocycles. The van der Waals surface area contributed by atoms with E-state index in [0.29, 0.717) is 12.8 Å². The van der Waals surface area contributed by atoms with Gasteiger partial charge >= 0.3 is 0 Å². The molecule has 4 heteroatoms. The van der Waals surface area contributed by atoms with Crippen LogP contribution in [0.25, 0.3) is 0 Å². The maximum Gasteiger partial charge on any atom is 0.220 e. The van der Waals surface area contributed by atoms with Gasteiger partial charge in [0.2, 0.25) is 5.91 Å². The van der Waals surface area contributed by atoms with Crippen LogP contribution >= 0.6 is 0 Å². The van der Waals surface area contributed by atoms with Crippen molar-refractivity contribution < 1.29 is 15.0 Å². The molecule has 0 saturated carbocycles. The van der Waals surface area contributed by atoms with E-state index in [2.05, 4.69) is 19.2 Å². The summed E-state index contributed by atoms with van der Waals surface area (Å²) in [5, 5.41) is 23.2. The largest absolute Gasteiger partial charge is 0.394 e. The first-order valence-corrected chi connectivity index (χ1v) is 23.2. The summed E-state index contributed by atoms with van der Waals surface area (Å²) in [5.41, 5.74) is 0. The zero-order valence-corrected chi connectivity index (χ0v) is 34.4. The summed E-state index contributed by atoms with van der Waals surface area (Å²) < 4.78 is 0. The average molecular weight is 708 g/mol. The van der Waals surface area contributed by atoms with Gasteiger partial charge in [-0.2, -0.15) is 0 Å². The van der Waals surface area contributed by atoms with Crippen molar-refractivity contribution in [2.24, 2.45) is 0 Å². The highest BCUT2D eigenvalue weighted by atomic mass is 16.3. The van der Waals surface area contributed by atoms with Crippen LogP contribution in [0.4, 0.5) is 0 Å². The molecule has 0 fully saturated rings. The van der Waals surface area contributed by atoms with E-state index in [-0.39, 0.29) is 12.5 Å². The molecule has 300 valence electrons. The molecular formula is C46H93NO3. The molecule has 0 aromatic heterocycles. The highest BCUT2D eigenvalue weighted by molar-refractivity contribution is 5.76. The van der Waals surface area contributed by atoms with Gasteiger partial charge in [0.25, 0.3) is 0 Å². The maximum atomic E-state index is 12.4. The fourth-order valence-corrected chi connectivity index (χ4v) is 7.54. The predicted molar refractivity (Wildman–Crippen MR) is 221 cm³/mol. The van der Waals surface area contributed by atoms with Crippen molar-refractivity contribution >= 4 is 5.91 Å². The predicted octanol–water partition coefficient (Wildman–Crippen LogP) is 14.5. The van der Waals surface area contributed by atoms with E-state index < -0.39 is 12.1 Å². The molecule has 0 bridgehead atoms. The molecule has 0 saturated heterocycles. The van der Waals surface area contributed by atoms with Gasteiger partial charge in [0.05, 0.1) is 18.8 Å². The number of aliphatic hydroxyl groups excluding tert-OH is 2. The van der Waals surface area contributed by atoms with E-state index >= 15 is 0 Å². The number of rotatable bonds is 43. The number of nitrogens with one attached hydrogen (secondary N) is 1. The lowest BCUT2D eigenvalue weighted by Gasteiger charge is -2.22. The average Bonchev–Trinajstić information content (AvgIpc) is 3.12. The van der Waals surface area contributed by atoms with Crippen LogP contribution in [-0.2, 0) is 4.79 Å². The molecule has 50 heavy (non-hydrogen) atoms. The first kappa shape index (κ1) is 49.4. The standard InChI is InChI=1S/C46H93NO3/c1-3-5-7-9-11-13-15-17-19-21-22-23-24-26-27-29-31-33-35-37-39-41-45(49)44(43-48)47-46(50)42-40-38-36-34-32-30-28-25-20-18-16-14-12-10-8-6-4-2/h44-45,48-49H,3-43H2,1-2H3,(H,47,50). The second-order valence-corrected chi connectivity index (χ2v) is 16.2. The molecule has 4 nitrogen and oxygen atoms in total. The third-order valence-corrected chi connectivity index (χ3v) is 11.1. The number of unbranched alkanes of at least 4 members (excludes halogenated alkanes) is 36. The van der Waals surface area contributed by atoms with Crippen molar-refractivity contribution in [1.82, 2.24) is 5.32 Å². The maximum absolute atomic E-state index is 12.4. The van der Waals surface area contributed by atoms with Crippen molar-refractivity contribution in [2.75, 3.05) is 6.61 Å². The Bertz CT molecular complexity index is 641. The van der Waals surface area contributed by atoms with Crippen molar-refractivity contribution in [3.05, 3.63) is 0 Å². The van der Waals surface area contributed by atoms with Gasteiger partial charge in [0.1, 0.15) is 0 Å². The smallest absolute Gasteiger partial charge is 0.220 e. The number of hydrogen-bond donors (Lipinski definition) is 3. The Balaban J connectivity index is 3.45. The van der Waals surface area contributed by atoms with Crippen molar-refractivity contribution in [3.63, 3.8) is 0 Å². The number of aliphatic hydroxyl groups is 2. The first-order chi connectivity index (χ1) is 24.7. The summed E-state index contributed by atoms with van der Waals surface area (Å²) in [6.07, 6.45) is 51.9. The zero-order valence-electron chi connectivity index (χ0n) is 34.4. The highest BCUT2D eigenvalue weighted by Crippen LogP contribution is 2.17. The lowest BCUT2D eigenvalue weighted by molar-refractivity contribution is -0.123. The van der Waals surface area contributed by atoms with Gasteiger partial charge in [0, 0.05) is 6.42 Å². The SMILES string of the molecule is CCCCCCCCCCCCCCCCCCCCCCCC(O)C(CO)NC(=O)CCCCCCCCCCCCCCCCCCC. The summed E-state index contributed by atoms with van der Waals surface area (Å²) in [6, 6.07) is -0.529. The van der Waals surface area contributed by atoms with E-state index in [1.165, 1.54) is 218 Å². The van der Waals surface area contributed by atoms with Gasteiger partial charge in [-0.15, -0.1) is 0 Å². The Morgan fingerprint density at radius 3 is 0.900 bits per heavy atom. The highest BCUT2D eigenvalue weighted by Gasteiger charge is 2.20. The Hall–Kier alpha value is -0.610. The zero-order chi connectivity index (χ0) is 36.4. The summed E-state index contributed by atoms with van der Waals surface area (Å²) in [6.45, 7) is 4.39. The fourth-order valence-electron chi connectivity index (χ4n) is 7.54. The number of carbonyl (C=O) groups is 1. The number of carbonyl (C=O) groups excluding carboxylic acids is 1. The van der Waals surface area contributed by atoms with Gasteiger partial charge in [0.15, 0.2) is 0 Å².